The normalized spacial score (nSPS) is 22.1. The molecule has 0 bridgehead atoms. The van der Waals surface area contributed by atoms with Crippen molar-refractivity contribution in [2.45, 2.75) is 64.3 Å². The summed E-state index contributed by atoms with van der Waals surface area (Å²) in [5.74, 6) is -1.28. The Kier molecular flexibility index (Phi) is 13.7. The Bertz CT molecular complexity index is 471. The van der Waals surface area contributed by atoms with E-state index in [4.69, 9.17) is 46.4 Å². The van der Waals surface area contributed by atoms with Crippen LogP contribution in [0.15, 0.2) is 0 Å². The van der Waals surface area contributed by atoms with Gasteiger partial charge in [0.1, 0.15) is 19.0 Å². The summed E-state index contributed by atoms with van der Waals surface area (Å²) in [6.07, 6.45) is 2.35. The second-order valence-electron chi connectivity index (χ2n) is 7.56. The predicted molar refractivity (Wildman–Crippen MR) is 117 cm³/mol. The number of epoxide rings is 2. The van der Waals surface area contributed by atoms with Crippen LogP contribution in [0.25, 0.3) is 0 Å². The van der Waals surface area contributed by atoms with Gasteiger partial charge in [-0.3, -0.25) is 0 Å². The summed E-state index contributed by atoms with van der Waals surface area (Å²) in [5.41, 5.74) is 0. The highest BCUT2D eigenvalue weighted by Gasteiger charge is 2.49. The summed E-state index contributed by atoms with van der Waals surface area (Å²) < 4.78 is 57.5. The van der Waals surface area contributed by atoms with Crippen molar-refractivity contribution >= 4 is 8.80 Å². The maximum Gasteiger partial charge on any atom is 0.506 e. The lowest BCUT2D eigenvalue weighted by Gasteiger charge is -2.39. The van der Waals surface area contributed by atoms with Gasteiger partial charge in [0.2, 0.25) is 0 Å². The van der Waals surface area contributed by atoms with Gasteiger partial charge < -0.3 is 46.4 Å². The second kappa shape index (κ2) is 15.7. The lowest BCUT2D eigenvalue weighted by Crippen LogP contribution is -2.55. The number of hydrogen-bond donors (Lipinski definition) is 0. The molecule has 2 rings (SSSR count). The average molecular weight is 483 g/mol. The van der Waals surface area contributed by atoms with Crippen LogP contribution >= 0.6 is 0 Å². The molecule has 0 amide bonds. The van der Waals surface area contributed by atoms with Crippen LogP contribution in [0.3, 0.4) is 0 Å². The molecule has 0 N–H and O–H groups in total. The van der Waals surface area contributed by atoms with Crippen molar-refractivity contribution in [1.29, 1.82) is 0 Å². The number of hydrogen-bond acceptors (Lipinski definition) is 10. The van der Waals surface area contributed by atoms with E-state index in [9.17, 15) is 0 Å². The predicted octanol–water partition coefficient (Wildman–Crippen LogP) is 2.33. The summed E-state index contributed by atoms with van der Waals surface area (Å²) in [4.78, 5) is 0. The summed E-state index contributed by atoms with van der Waals surface area (Å²) >= 11 is 0. The van der Waals surface area contributed by atoms with E-state index < -0.39 is 14.8 Å². The topological polar surface area (TPSA) is 98.9 Å². The fraction of sp³-hybridized carbons (Fsp3) is 1.00. The largest absolute Gasteiger partial charge is 0.506 e. The van der Waals surface area contributed by atoms with Crippen LogP contribution in [0.2, 0.25) is 6.04 Å². The maximum absolute atomic E-state index is 6.49. The van der Waals surface area contributed by atoms with Gasteiger partial charge in [-0.25, -0.2) is 0 Å². The van der Waals surface area contributed by atoms with Crippen molar-refractivity contribution in [1.82, 2.24) is 0 Å². The second-order valence-corrected chi connectivity index (χ2v) is 10.3. The first kappa shape index (κ1) is 28.1. The molecule has 0 radical (unpaired) electrons. The zero-order chi connectivity index (χ0) is 23.1. The average Bonchev–Trinajstić information content (AvgIpc) is 3.69. The molecule has 3 atom stereocenters. The molecule has 0 spiro atoms. The van der Waals surface area contributed by atoms with Gasteiger partial charge in [0, 0.05) is 52.6 Å². The SMILES string of the molecule is CCOCO[Si](CCCOCC1CO1)(OC)OC(CCCOCC1CO1)(OCC)OCC. The lowest BCUT2D eigenvalue weighted by atomic mass is 10.3. The number of rotatable bonds is 23. The van der Waals surface area contributed by atoms with Gasteiger partial charge in [-0.15, -0.1) is 0 Å². The van der Waals surface area contributed by atoms with Crippen molar-refractivity contribution in [3.63, 3.8) is 0 Å². The van der Waals surface area contributed by atoms with Gasteiger partial charge >= 0.3 is 8.80 Å². The Labute approximate surface area is 193 Å². The number of ether oxygens (including phenoxy) is 7. The molecule has 0 aromatic rings. The van der Waals surface area contributed by atoms with Crippen molar-refractivity contribution in [3.8, 4) is 0 Å². The summed E-state index contributed by atoms with van der Waals surface area (Å²) in [6, 6.07) is 0.541. The first-order valence-electron chi connectivity index (χ1n) is 11.7. The molecule has 0 aromatic carbocycles. The third-order valence-corrected chi connectivity index (χ3v) is 7.64. The molecular weight excluding hydrogens is 440 g/mol. The van der Waals surface area contributed by atoms with E-state index in [-0.39, 0.29) is 19.0 Å². The van der Waals surface area contributed by atoms with Crippen LogP contribution < -0.4 is 0 Å². The van der Waals surface area contributed by atoms with Gasteiger partial charge in [-0.2, -0.15) is 0 Å². The van der Waals surface area contributed by atoms with Crippen LogP contribution in [0.4, 0.5) is 0 Å². The molecule has 11 heteroatoms. The fourth-order valence-corrected chi connectivity index (χ4v) is 5.33. The van der Waals surface area contributed by atoms with Gasteiger partial charge in [-0.05, 0) is 33.6 Å². The standard InChI is InChI=1S/C21H42O10Si/c1-5-23-18-30-32(22-4,13-9-12-25-15-20-17-27-20)31-21(28-6-2,29-7-3)10-8-11-24-14-19-16-26-19/h19-20H,5-18H2,1-4H3. The highest BCUT2D eigenvalue weighted by Crippen LogP contribution is 2.31. The molecule has 0 saturated carbocycles. The molecular formula is C21H42O10Si. The van der Waals surface area contributed by atoms with Crippen molar-refractivity contribution in [2.75, 3.05) is 73.4 Å². The highest BCUT2D eigenvalue weighted by atomic mass is 28.4. The Hall–Kier alpha value is -0.183. The zero-order valence-corrected chi connectivity index (χ0v) is 21.1. The monoisotopic (exact) mass is 482 g/mol. The first-order valence-corrected chi connectivity index (χ1v) is 13.7. The molecule has 3 unspecified atom stereocenters. The van der Waals surface area contributed by atoms with Crippen LogP contribution in [0, 0.1) is 0 Å². The van der Waals surface area contributed by atoms with Gasteiger partial charge in [0.25, 0.3) is 5.97 Å². The van der Waals surface area contributed by atoms with E-state index >= 15 is 0 Å². The van der Waals surface area contributed by atoms with E-state index in [0.717, 1.165) is 13.2 Å². The molecule has 32 heavy (non-hydrogen) atoms. The molecule has 2 heterocycles. The summed E-state index contributed by atoms with van der Waals surface area (Å²) in [5, 5.41) is 0. The van der Waals surface area contributed by atoms with Gasteiger partial charge in [-0.1, -0.05) is 0 Å². The maximum atomic E-state index is 6.49. The van der Waals surface area contributed by atoms with Crippen molar-refractivity contribution in [3.05, 3.63) is 0 Å². The van der Waals surface area contributed by atoms with E-state index in [1.807, 2.05) is 20.8 Å². The minimum absolute atomic E-state index is 0.0756. The Morgan fingerprint density at radius 3 is 1.94 bits per heavy atom. The minimum atomic E-state index is -3.20. The fourth-order valence-electron chi connectivity index (χ4n) is 3.08. The molecule has 2 saturated heterocycles. The van der Waals surface area contributed by atoms with E-state index in [2.05, 4.69) is 0 Å². The van der Waals surface area contributed by atoms with E-state index in [0.29, 0.717) is 71.6 Å². The molecule has 2 aliphatic rings. The lowest BCUT2D eigenvalue weighted by molar-refractivity contribution is -0.360. The Morgan fingerprint density at radius 1 is 0.844 bits per heavy atom. The summed E-state index contributed by atoms with van der Waals surface area (Å²) in [6.45, 7) is 11.1. The first-order chi connectivity index (χ1) is 15.6. The van der Waals surface area contributed by atoms with Gasteiger partial charge in [0.15, 0.2) is 0 Å². The van der Waals surface area contributed by atoms with E-state index in [1.165, 1.54) is 0 Å². The third kappa shape index (κ3) is 11.3. The smallest absolute Gasteiger partial charge is 0.379 e. The molecule has 190 valence electrons. The van der Waals surface area contributed by atoms with Crippen LogP contribution in [-0.2, 0) is 46.4 Å². The Balaban J connectivity index is 1.96. The minimum Gasteiger partial charge on any atom is -0.379 e. The molecule has 2 fully saturated rings. The zero-order valence-electron chi connectivity index (χ0n) is 20.1. The highest BCUT2D eigenvalue weighted by molar-refractivity contribution is 6.60. The van der Waals surface area contributed by atoms with Gasteiger partial charge in [0.05, 0.1) is 26.4 Å². The third-order valence-electron chi connectivity index (χ3n) is 4.87. The van der Waals surface area contributed by atoms with Crippen molar-refractivity contribution < 1.29 is 46.4 Å². The molecule has 2 aliphatic heterocycles. The van der Waals surface area contributed by atoms with Crippen LogP contribution in [-0.4, -0.2) is 100 Å². The molecule has 0 aromatic heterocycles. The van der Waals surface area contributed by atoms with E-state index in [1.54, 1.807) is 7.11 Å². The van der Waals surface area contributed by atoms with Crippen LogP contribution in [0.1, 0.15) is 40.0 Å². The molecule has 10 nitrogen and oxygen atoms in total. The quantitative estimate of drug-likeness (QED) is 0.0934. The van der Waals surface area contributed by atoms with Crippen molar-refractivity contribution in [2.24, 2.45) is 0 Å². The summed E-state index contributed by atoms with van der Waals surface area (Å²) in [7, 11) is -1.61. The molecule has 0 aliphatic carbocycles. The van der Waals surface area contributed by atoms with Crippen LogP contribution in [0.5, 0.6) is 0 Å². The Morgan fingerprint density at radius 2 is 1.44 bits per heavy atom.